The highest BCUT2D eigenvalue weighted by Crippen LogP contribution is 2.31. The number of hydrogen-bond acceptors (Lipinski definition) is 6. The lowest BCUT2D eigenvalue weighted by atomic mass is 10.1. The number of aromatic nitrogens is 1. The Balaban J connectivity index is 1.60. The maximum atomic E-state index is 13.5. The highest BCUT2D eigenvalue weighted by atomic mass is 32.2. The average Bonchev–Trinajstić information content (AvgIpc) is 3.31. The van der Waals surface area contributed by atoms with Crippen LogP contribution in [0.2, 0.25) is 0 Å². The second-order valence-corrected chi connectivity index (χ2v) is 9.53. The van der Waals surface area contributed by atoms with Crippen LogP contribution in [0.4, 0.5) is 10.1 Å². The van der Waals surface area contributed by atoms with Gasteiger partial charge >= 0.3 is 0 Å². The summed E-state index contributed by atoms with van der Waals surface area (Å²) in [5.74, 6) is -0.859. The Bertz CT molecular complexity index is 1250. The number of rotatable bonds is 7. The van der Waals surface area contributed by atoms with Crippen molar-refractivity contribution in [2.24, 2.45) is 0 Å². The zero-order valence-electron chi connectivity index (χ0n) is 18.1. The third kappa shape index (κ3) is 5.07. The number of ether oxygens (including phenoxy) is 1. The molecule has 1 aliphatic heterocycles. The molecule has 0 atom stereocenters. The molecule has 1 N–H and O–H groups in total. The highest BCUT2D eigenvalue weighted by Gasteiger charge is 2.27. The fourth-order valence-corrected chi connectivity index (χ4v) is 5.20. The lowest BCUT2D eigenvalue weighted by Gasteiger charge is -2.26. The van der Waals surface area contributed by atoms with Gasteiger partial charge in [-0.2, -0.15) is 4.31 Å². The van der Waals surface area contributed by atoms with E-state index in [1.54, 1.807) is 13.0 Å². The second kappa shape index (κ2) is 9.72. The molecular weight excluding hydrogens is 449 g/mol. The number of benzene rings is 2. The van der Waals surface area contributed by atoms with E-state index in [2.05, 4.69) is 10.5 Å². The van der Waals surface area contributed by atoms with E-state index in [4.69, 9.17) is 9.26 Å². The maximum absolute atomic E-state index is 13.5. The zero-order chi connectivity index (χ0) is 23.4. The first-order chi connectivity index (χ1) is 15.9. The van der Waals surface area contributed by atoms with E-state index >= 15 is 0 Å². The van der Waals surface area contributed by atoms with E-state index in [0.717, 1.165) is 19.3 Å². The van der Waals surface area contributed by atoms with Gasteiger partial charge in [-0.15, -0.1) is 0 Å². The Labute approximate surface area is 191 Å². The summed E-state index contributed by atoms with van der Waals surface area (Å²) < 4.78 is 51.8. The topological polar surface area (TPSA) is 102 Å². The summed E-state index contributed by atoms with van der Waals surface area (Å²) in [6.45, 7) is 3.05. The molecule has 0 aliphatic carbocycles. The van der Waals surface area contributed by atoms with E-state index in [0.29, 0.717) is 36.7 Å². The van der Waals surface area contributed by atoms with E-state index in [1.807, 2.05) is 0 Å². The van der Waals surface area contributed by atoms with Crippen LogP contribution >= 0.6 is 0 Å². The summed E-state index contributed by atoms with van der Waals surface area (Å²) >= 11 is 0. The standard InChI is InChI=1S/C23H24FN3O5S/c1-2-31-21-10-9-18(33(29,30)27-11-4-3-5-12-27)14-20(21)25-23(28)22-15-19(26-32-22)16-7-6-8-17(24)13-16/h6-10,13-15H,2-5,11-12H2,1H3,(H,25,28). The van der Waals surface area contributed by atoms with Crippen LogP contribution in [0.25, 0.3) is 11.3 Å². The van der Waals surface area contributed by atoms with Gasteiger partial charge in [0.1, 0.15) is 17.3 Å². The van der Waals surface area contributed by atoms with Crippen molar-refractivity contribution >= 4 is 21.6 Å². The third-order valence-electron chi connectivity index (χ3n) is 5.31. The first kappa shape index (κ1) is 22.9. The third-order valence-corrected chi connectivity index (χ3v) is 7.20. The number of sulfonamides is 1. The van der Waals surface area contributed by atoms with Gasteiger partial charge in [0.05, 0.1) is 17.2 Å². The molecule has 1 saturated heterocycles. The molecule has 33 heavy (non-hydrogen) atoms. The molecule has 0 unspecified atom stereocenters. The molecule has 8 nitrogen and oxygen atoms in total. The number of hydrogen-bond donors (Lipinski definition) is 1. The molecule has 1 fully saturated rings. The Morgan fingerprint density at radius 3 is 2.67 bits per heavy atom. The number of nitrogens with one attached hydrogen (secondary N) is 1. The van der Waals surface area contributed by atoms with Gasteiger partial charge in [0.15, 0.2) is 0 Å². The van der Waals surface area contributed by atoms with Crippen molar-refractivity contribution in [2.45, 2.75) is 31.1 Å². The molecule has 0 radical (unpaired) electrons. The summed E-state index contributed by atoms with van der Waals surface area (Å²) in [5, 5.41) is 6.48. The molecule has 0 spiro atoms. The maximum Gasteiger partial charge on any atom is 0.294 e. The van der Waals surface area contributed by atoms with Crippen LogP contribution in [0.5, 0.6) is 5.75 Å². The number of piperidine rings is 1. The van der Waals surface area contributed by atoms with Crippen LogP contribution in [0.1, 0.15) is 36.7 Å². The van der Waals surface area contributed by atoms with Crippen molar-refractivity contribution in [3.05, 3.63) is 60.1 Å². The average molecular weight is 474 g/mol. The summed E-state index contributed by atoms with van der Waals surface area (Å²) in [5.41, 5.74) is 0.956. The van der Waals surface area contributed by atoms with Crippen LogP contribution in [0.15, 0.2) is 57.9 Å². The SMILES string of the molecule is CCOc1ccc(S(=O)(=O)N2CCCCC2)cc1NC(=O)c1cc(-c2cccc(F)c2)no1. The van der Waals surface area contributed by atoms with Crippen molar-refractivity contribution in [1.29, 1.82) is 0 Å². The van der Waals surface area contributed by atoms with Gasteiger partial charge in [-0.25, -0.2) is 12.8 Å². The number of nitrogens with zero attached hydrogens (tertiary/aromatic N) is 2. The van der Waals surface area contributed by atoms with Gasteiger partial charge in [0.25, 0.3) is 5.91 Å². The molecule has 174 valence electrons. The monoisotopic (exact) mass is 473 g/mol. The summed E-state index contributed by atoms with van der Waals surface area (Å²) in [7, 11) is -3.70. The van der Waals surface area contributed by atoms with Gasteiger partial charge in [0, 0.05) is 24.7 Å². The number of anilines is 1. The van der Waals surface area contributed by atoms with Crippen molar-refractivity contribution in [1.82, 2.24) is 9.46 Å². The van der Waals surface area contributed by atoms with Gasteiger partial charge in [-0.3, -0.25) is 4.79 Å². The van der Waals surface area contributed by atoms with Crippen molar-refractivity contribution in [3.63, 3.8) is 0 Å². The van der Waals surface area contributed by atoms with Crippen LogP contribution in [-0.2, 0) is 10.0 Å². The van der Waals surface area contributed by atoms with Crippen LogP contribution in [0.3, 0.4) is 0 Å². The molecule has 0 bridgehead atoms. The molecule has 0 saturated carbocycles. The lowest BCUT2D eigenvalue weighted by Crippen LogP contribution is -2.35. The minimum atomic E-state index is -3.70. The van der Waals surface area contributed by atoms with Gasteiger partial charge < -0.3 is 14.6 Å². The Kier molecular flexibility index (Phi) is 6.75. The number of halogens is 1. The minimum Gasteiger partial charge on any atom is -0.492 e. The normalized spacial score (nSPS) is 14.7. The first-order valence-electron chi connectivity index (χ1n) is 10.7. The molecule has 1 amide bonds. The lowest BCUT2D eigenvalue weighted by molar-refractivity contribution is 0.0987. The van der Waals surface area contributed by atoms with Gasteiger partial charge in [-0.05, 0) is 50.1 Å². The quantitative estimate of drug-likeness (QED) is 0.549. The molecular formula is C23H24FN3O5S. The predicted molar refractivity (Wildman–Crippen MR) is 120 cm³/mol. The molecule has 1 aromatic heterocycles. The molecule has 4 rings (SSSR count). The highest BCUT2D eigenvalue weighted by molar-refractivity contribution is 7.89. The summed E-state index contributed by atoms with van der Waals surface area (Å²) in [4.78, 5) is 12.9. The Morgan fingerprint density at radius 2 is 1.94 bits per heavy atom. The Hall–Kier alpha value is -3.24. The Morgan fingerprint density at radius 1 is 1.15 bits per heavy atom. The van der Waals surface area contributed by atoms with E-state index in [1.165, 1.54) is 46.8 Å². The van der Waals surface area contributed by atoms with Crippen LogP contribution < -0.4 is 10.1 Å². The predicted octanol–water partition coefficient (Wildman–Crippen LogP) is 4.31. The van der Waals surface area contributed by atoms with E-state index < -0.39 is 21.7 Å². The van der Waals surface area contributed by atoms with Gasteiger partial charge in [-0.1, -0.05) is 23.7 Å². The van der Waals surface area contributed by atoms with Crippen LogP contribution in [0, 0.1) is 5.82 Å². The van der Waals surface area contributed by atoms with Gasteiger partial charge in [0.2, 0.25) is 15.8 Å². The fraction of sp³-hybridized carbons (Fsp3) is 0.304. The molecule has 2 heterocycles. The van der Waals surface area contributed by atoms with Crippen molar-refractivity contribution < 1.29 is 26.9 Å². The van der Waals surface area contributed by atoms with Crippen molar-refractivity contribution in [3.8, 4) is 17.0 Å². The minimum absolute atomic E-state index is 0.0705. The molecule has 2 aromatic carbocycles. The van der Waals surface area contributed by atoms with Crippen molar-refractivity contribution in [2.75, 3.05) is 25.0 Å². The zero-order valence-corrected chi connectivity index (χ0v) is 18.9. The van der Waals surface area contributed by atoms with E-state index in [9.17, 15) is 17.6 Å². The summed E-state index contributed by atoms with van der Waals surface area (Å²) in [6, 6.07) is 11.5. The molecule has 1 aliphatic rings. The second-order valence-electron chi connectivity index (χ2n) is 7.60. The number of carbonyl (C=O) groups is 1. The number of carbonyl (C=O) groups excluding carboxylic acids is 1. The number of amides is 1. The summed E-state index contributed by atoms with van der Waals surface area (Å²) in [6.07, 6.45) is 2.64. The molecule has 3 aromatic rings. The smallest absolute Gasteiger partial charge is 0.294 e. The van der Waals surface area contributed by atoms with Crippen LogP contribution in [-0.4, -0.2) is 43.5 Å². The fourth-order valence-electron chi connectivity index (χ4n) is 3.65. The first-order valence-corrected chi connectivity index (χ1v) is 12.1. The molecule has 10 heteroatoms. The van der Waals surface area contributed by atoms with E-state index in [-0.39, 0.29) is 16.3 Å². The largest absolute Gasteiger partial charge is 0.492 e.